The van der Waals surface area contributed by atoms with Gasteiger partial charge in [0.05, 0.1) is 25.4 Å². The van der Waals surface area contributed by atoms with Crippen LogP contribution in [-0.4, -0.2) is 40.4 Å². The second-order valence-corrected chi connectivity index (χ2v) is 6.48. The SMILES string of the molecule is COc1cc(C2CC(=O)CC(C(O)Cc3ccc(O)cc3)O2)ccc1O. The lowest BCUT2D eigenvalue weighted by Gasteiger charge is -2.32. The number of hydrogen-bond donors (Lipinski definition) is 3. The van der Waals surface area contributed by atoms with Crippen molar-refractivity contribution in [1.82, 2.24) is 0 Å². The third-order valence-corrected chi connectivity index (χ3v) is 4.57. The Morgan fingerprint density at radius 2 is 1.88 bits per heavy atom. The van der Waals surface area contributed by atoms with Crippen LogP contribution in [0.15, 0.2) is 42.5 Å². The van der Waals surface area contributed by atoms with Crippen LogP contribution in [0.4, 0.5) is 0 Å². The Bertz CT molecular complexity index is 770. The van der Waals surface area contributed by atoms with E-state index in [1.54, 1.807) is 36.4 Å². The number of hydrogen-bond acceptors (Lipinski definition) is 6. The largest absolute Gasteiger partial charge is 0.508 e. The third kappa shape index (κ3) is 4.15. The maximum atomic E-state index is 12.2. The zero-order valence-corrected chi connectivity index (χ0v) is 14.5. The minimum absolute atomic E-state index is 0.0160. The molecule has 0 amide bonds. The fourth-order valence-electron chi connectivity index (χ4n) is 3.14. The maximum Gasteiger partial charge on any atom is 0.160 e. The molecule has 0 radical (unpaired) electrons. The average Bonchev–Trinajstić information content (AvgIpc) is 2.63. The van der Waals surface area contributed by atoms with Crippen molar-refractivity contribution in [1.29, 1.82) is 0 Å². The van der Waals surface area contributed by atoms with Crippen LogP contribution in [0.1, 0.15) is 30.1 Å². The monoisotopic (exact) mass is 358 g/mol. The van der Waals surface area contributed by atoms with Crippen molar-refractivity contribution in [3.05, 3.63) is 53.6 Å². The highest BCUT2D eigenvalue weighted by atomic mass is 16.5. The van der Waals surface area contributed by atoms with E-state index in [0.29, 0.717) is 12.2 Å². The van der Waals surface area contributed by atoms with Crippen molar-refractivity contribution in [3.63, 3.8) is 0 Å². The van der Waals surface area contributed by atoms with E-state index in [4.69, 9.17) is 9.47 Å². The molecule has 1 aliphatic heterocycles. The van der Waals surface area contributed by atoms with Gasteiger partial charge >= 0.3 is 0 Å². The van der Waals surface area contributed by atoms with Gasteiger partial charge in [0, 0.05) is 19.3 Å². The van der Waals surface area contributed by atoms with Gasteiger partial charge in [0.1, 0.15) is 11.5 Å². The molecule has 138 valence electrons. The number of ketones is 1. The lowest BCUT2D eigenvalue weighted by atomic mass is 9.93. The molecule has 3 atom stereocenters. The first-order chi connectivity index (χ1) is 12.5. The Labute approximate surface area is 151 Å². The van der Waals surface area contributed by atoms with Gasteiger partial charge in [-0.05, 0) is 35.4 Å². The van der Waals surface area contributed by atoms with E-state index in [-0.39, 0.29) is 30.1 Å². The van der Waals surface area contributed by atoms with Gasteiger partial charge in [0.2, 0.25) is 0 Å². The first-order valence-electron chi connectivity index (χ1n) is 8.46. The van der Waals surface area contributed by atoms with Crippen LogP contribution in [0.5, 0.6) is 17.2 Å². The molecule has 0 aliphatic carbocycles. The van der Waals surface area contributed by atoms with Crippen LogP contribution in [0.3, 0.4) is 0 Å². The highest BCUT2D eigenvalue weighted by Crippen LogP contribution is 2.35. The Morgan fingerprint density at radius 1 is 1.15 bits per heavy atom. The summed E-state index contributed by atoms with van der Waals surface area (Å²) < 4.78 is 11.1. The maximum absolute atomic E-state index is 12.2. The van der Waals surface area contributed by atoms with Crippen LogP contribution >= 0.6 is 0 Å². The Hall–Kier alpha value is -2.57. The first-order valence-corrected chi connectivity index (χ1v) is 8.46. The number of methoxy groups -OCH3 is 1. The molecular weight excluding hydrogens is 336 g/mol. The molecule has 3 N–H and O–H groups in total. The number of ether oxygens (including phenoxy) is 2. The quantitative estimate of drug-likeness (QED) is 0.760. The second kappa shape index (κ2) is 7.76. The minimum atomic E-state index is -0.842. The highest BCUT2D eigenvalue weighted by molar-refractivity contribution is 5.80. The van der Waals surface area contributed by atoms with Gasteiger partial charge in [-0.1, -0.05) is 18.2 Å². The first kappa shape index (κ1) is 18.2. The van der Waals surface area contributed by atoms with Gasteiger partial charge in [-0.15, -0.1) is 0 Å². The highest BCUT2D eigenvalue weighted by Gasteiger charge is 2.33. The van der Waals surface area contributed by atoms with Gasteiger partial charge in [-0.2, -0.15) is 0 Å². The lowest BCUT2D eigenvalue weighted by Crippen LogP contribution is -2.38. The topological polar surface area (TPSA) is 96.2 Å². The number of phenolic OH excluding ortho intramolecular Hbond substituents is 2. The zero-order valence-electron chi connectivity index (χ0n) is 14.5. The minimum Gasteiger partial charge on any atom is -0.508 e. The molecule has 2 aromatic rings. The van der Waals surface area contributed by atoms with Crippen LogP contribution in [-0.2, 0) is 16.0 Å². The molecule has 1 heterocycles. The average molecular weight is 358 g/mol. The summed E-state index contributed by atoms with van der Waals surface area (Å²) in [5, 5.41) is 29.6. The predicted octanol–water partition coefficient (Wildman–Crippen LogP) is 2.50. The summed E-state index contributed by atoms with van der Waals surface area (Å²) in [7, 11) is 1.45. The van der Waals surface area contributed by atoms with E-state index in [0.717, 1.165) is 11.1 Å². The number of aliphatic hydroxyl groups is 1. The number of phenols is 2. The molecule has 1 aliphatic rings. The van der Waals surface area contributed by atoms with Gasteiger partial charge in [-0.3, -0.25) is 4.79 Å². The third-order valence-electron chi connectivity index (χ3n) is 4.57. The standard InChI is InChI=1S/C20H22O6/c1-25-19-9-13(4-7-16(19)23)18-10-15(22)11-20(26-18)17(24)8-12-2-5-14(21)6-3-12/h2-7,9,17-18,20-21,23-24H,8,10-11H2,1H3. The predicted molar refractivity (Wildman–Crippen MR) is 94.3 cm³/mol. The van der Waals surface area contributed by atoms with Crippen LogP contribution in [0, 0.1) is 0 Å². The number of carbonyl (C=O) groups is 1. The summed E-state index contributed by atoms with van der Waals surface area (Å²) in [5.41, 5.74) is 1.56. The number of aromatic hydroxyl groups is 2. The number of carbonyl (C=O) groups excluding carboxylic acids is 1. The van der Waals surface area contributed by atoms with Crippen LogP contribution < -0.4 is 4.74 Å². The molecule has 1 saturated heterocycles. The summed E-state index contributed by atoms with van der Waals surface area (Å²) in [4.78, 5) is 12.2. The van der Waals surface area contributed by atoms with Crippen molar-refractivity contribution in [2.24, 2.45) is 0 Å². The molecule has 6 nitrogen and oxygen atoms in total. The molecule has 0 bridgehead atoms. The number of Topliss-reactive ketones (excluding diaryl/α,β-unsaturated/α-hetero) is 1. The Balaban J connectivity index is 1.73. The molecule has 0 saturated carbocycles. The molecular formula is C20H22O6. The molecule has 2 aromatic carbocycles. The summed E-state index contributed by atoms with van der Waals surface area (Å²) in [6.07, 6.45) is -1.25. The fraction of sp³-hybridized carbons (Fsp3) is 0.350. The zero-order chi connectivity index (χ0) is 18.7. The summed E-state index contributed by atoms with van der Waals surface area (Å²) >= 11 is 0. The summed E-state index contributed by atoms with van der Waals surface area (Å²) in [6, 6.07) is 11.4. The molecule has 0 aromatic heterocycles. The second-order valence-electron chi connectivity index (χ2n) is 6.48. The van der Waals surface area contributed by atoms with Crippen molar-refractivity contribution >= 4 is 5.78 Å². The number of aliphatic hydroxyl groups excluding tert-OH is 1. The van der Waals surface area contributed by atoms with Gasteiger partial charge in [0.15, 0.2) is 11.5 Å². The van der Waals surface area contributed by atoms with E-state index >= 15 is 0 Å². The van der Waals surface area contributed by atoms with E-state index in [2.05, 4.69) is 0 Å². The smallest absolute Gasteiger partial charge is 0.160 e. The van der Waals surface area contributed by atoms with Crippen molar-refractivity contribution in [2.75, 3.05) is 7.11 Å². The van der Waals surface area contributed by atoms with E-state index in [1.807, 2.05) is 0 Å². The summed E-state index contributed by atoms with van der Waals surface area (Å²) in [5.74, 6) is 0.504. The van der Waals surface area contributed by atoms with Gasteiger partial charge in [0.25, 0.3) is 0 Å². The van der Waals surface area contributed by atoms with Crippen molar-refractivity contribution in [3.8, 4) is 17.2 Å². The summed E-state index contributed by atoms with van der Waals surface area (Å²) in [6.45, 7) is 0. The normalized spacial score (nSPS) is 21.4. The molecule has 1 fully saturated rings. The fourth-order valence-corrected chi connectivity index (χ4v) is 3.14. The van der Waals surface area contributed by atoms with Crippen LogP contribution in [0.2, 0.25) is 0 Å². The molecule has 6 heteroatoms. The molecule has 26 heavy (non-hydrogen) atoms. The lowest BCUT2D eigenvalue weighted by molar-refractivity contribution is -0.146. The Kier molecular flexibility index (Phi) is 5.44. The van der Waals surface area contributed by atoms with Gasteiger partial charge in [-0.25, -0.2) is 0 Å². The van der Waals surface area contributed by atoms with E-state index in [1.165, 1.54) is 13.2 Å². The molecule has 3 unspecified atom stereocenters. The van der Waals surface area contributed by atoms with E-state index < -0.39 is 18.3 Å². The van der Waals surface area contributed by atoms with Crippen LogP contribution in [0.25, 0.3) is 0 Å². The number of rotatable bonds is 5. The Morgan fingerprint density at radius 3 is 2.58 bits per heavy atom. The van der Waals surface area contributed by atoms with Crippen molar-refractivity contribution < 1.29 is 29.6 Å². The van der Waals surface area contributed by atoms with Crippen molar-refractivity contribution in [2.45, 2.75) is 37.6 Å². The van der Waals surface area contributed by atoms with Gasteiger partial charge < -0.3 is 24.8 Å². The molecule has 3 rings (SSSR count). The molecule has 0 spiro atoms. The number of benzene rings is 2. The van der Waals surface area contributed by atoms with E-state index in [9.17, 15) is 20.1 Å².